The van der Waals surface area contributed by atoms with Crippen LogP contribution < -0.4 is 5.73 Å². The number of unbranched alkanes of at least 4 members (excludes halogenated alkanes) is 2. The van der Waals surface area contributed by atoms with Crippen LogP contribution in [0.15, 0.2) is 4.99 Å². The number of carboxylic acid groups (broad SMARTS) is 1. The molecule has 0 saturated heterocycles. The molecular weight excluding hydrogens is 878 g/mol. The van der Waals surface area contributed by atoms with Gasteiger partial charge in [0.1, 0.15) is 12.6 Å². The molecule has 0 aromatic carbocycles. The average molecular weight is 991 g/mol. The Morgan fingerprint density at radius 3 is 0.810 bits per heavy atom. The van der Waals surface area contributed by atoms with Crippen LogP contribution in [0, 0.1) is 0 Å². The third kappa shape index (κ3) is 627. The Kier molecular flexibility index (Phi) is 316. The maximum atomic E-state index is 9.96. The molecule has 0 atom stereocenters. The molecular formula is C39H112N2O20P2. The van der Waals surface area contributed by atoms with Crippen molar-refractivity contribution in [1.29, 1.82) is 0 Å². The first-order valence-electron chi connectivity index (χ1n) is 18.4. The molecule has 0 aliphatic rings. The van der Waals surface area contributed by atoms with Crippen LogP contribution in [0.3, 0.4) is 0 Å². The Morgan fingerprint density at radius 1 is 0.603 bits per heavy atom. The van der Waals surface area contributed by atoms with E-state index in [4.69, 9.17) is 40.6 Å². The lowest BCUT2D eigenvalue weighted by Gasteiger charge is -1.98. The summed E-state index contributed by atoms with van der Waals surface area (Å²) in [6, 6.07) is 0. The zero-order valence-corrected chi connectivity index (χ0v) is 41.1. The highest BCUT2D eigenvalue weighted by Gasteiger charge is 2.10. The molecule has 0 aliphatic carbocycles. The van der Waals surface area contributed by atoms with Gasteiger partial charge in [-0.25, -0.2) is 9.13 Å². The smallest absolute Gasteiger partial charge is 0.469 e. The fraction of sp³-hybridized carbons (Fsp3) is 0.872. The number of methoxy groups -OCH3 is 1. The van der Waals surface area contributed by atoms with E-state index in [9.17, 15) is 28.3 Å². The van der Waals surface area contributed by atoms with Crippen molar-refractivity contribution in [2.45, 2.75) is 184 Å². The number of hydrogen-bond acceptors (Lipinski definition) is 13. The predicted molar refractivity (Wildman–Crippen MR) is 268 cm³/mol. The zero-order valence-electron chi connectivity index (χ0n) is 39.4. The number of aliphatic hydroxyl groups excluding tert-OH is 2. The number of carbonyl (C=O) groups is 4. The van der Waals surface area contributed by atoms with E-state index in [1.54, 1.807) is 34.7 Å². The van der Waals surface area contributed by atoms with Crippen molar-refractivity contribution in [1.82, 2.24) is 0 Å². The second-order valence-corrected chi connectivity index (χ2v) is 11.1. The van der Waals surface area contributed by atoms with Gasteiger partial charge in [-0.1, -0.05) is 125 Å². The average Bonchev–Trinajstić information content (AvgIpc) is 3.10. The summed E-state index contributed by atoms with van der Waals surface area (Å²) in [6.45, 7) is 27.3. The quantitative estimate of drug-likeness (QED) is 0.0481. The van der Waals surface area contributed by atoms with E-state index >= 15 is 0 Å². The lowest BCUT2D eigenvalue weighted by Crippen LogP contribution is -1.94. The summed E-state index contributed by atoms with van der Waals surface area (Å²) < 4.78 is 31.5. The van der Waals surface area contributed by atoms with Gasteiger partial charge in [-0.05, 0) is 46.9 Å². The highest BCUT2D eigenvalue weighted by molar-refractivity contribution is 7.46. The van der Waals surface area contributed by atoms with Crippen molar-refractivity contribution in [2.75, 3.05) is 47.1 Å². The maximum absolute atomic E-state index is 9.96. The van der Waals surface area contributed by atoms with Gasteiger partial charge in [-0.3, -0.25) is 18.6 Å². The topological polar surface area (TPSA) is 436 Å². The monoisotopic (exact) mass is 991 g/mol. The Bertz CT molecular complexity index is 701. The van der Waals surface area contributed by atoms with Crippen LogP contribution in [0.1, 0.15) is 184 Å². The number of nitrogens with zero attached hydrogens (tertiary/aromatic N) is 1. The number of phosphoric ester groups is 2. The van der Waals surface area contributed by atoms with Gasteiger partial charge in [-0.15, -0.1) is 0 Å². The molecule has 0 unspecified atom stereocenters. The first kappa shape index (κ1) is 131. The maximum Gasteiger partial charge on any atom is 0.469 e. The molecule has 22 nitrogen and oxygen atoms in total. The van der Waals surface area contributed by atoms with Crippen molar-refractivity contribution < 1.29 is 98.9 Å². The van der Waals surface area contributed by atoms with Gasteiger partial charge in [0.25, 0.3) is 0 Å². The van der Waals surface area contributed by atoms with Gasteiger partial charge in [0.05, 0.1) is 20.3 Å². The summed E-state index contributed by atoms with van der Waals surface area (Å²) in [4.78, 5) is 73.0. The molecule has 0 radical (unpaired) electrons. The number of ether oxygens (including phenoxy) is 1. The predicted octanol–water partition coefficient (Wildman–Crippen LogP) is 6.39. The molecule has 0 aliphatic heterocycles. The molecule has 0 bridgehead atoms. The number of nitrogens with two attached hydrogens (primary N) is 1. The Labute approximate surface area is 386 Å². The number of hydrogen-bond donors (Lipinski definition) is 8. The largest absolute Gasteiger partial charge is 0.481 e. The number of aldehydes is 2. The number of carbonyl (C=O) groups excluding carboxylic acids is 3. The minimum atomic E-state index is -4.17. The summed E-state index contributed by atoms with van der Waals surface area (Å²) in [6.07, 6.45) is 12.0. The molecule has 408 valence electrons. The van der Waals surface area contributed by atoms with Gasteiger partial charge in [-0.2, -0.15) is 0 Å². The molecule has 63 heavy (non-hydrogen) atoms. The van der Waals surface area contributed by atoms with Crippen LogP contribution in [-0.4, -0.2) is 135 Å². The van der Waals surface area contributed by atoms with Gasteiger partial charge in [0, 0.05) is 45.9 Å². The molecule has 0 amide bonds. The number of carboxylic acids is 1. The van der Waals surface area contributed by atoms with E-state index in [1.807, 2.05) is 27.0 Å². The molecule has 24 heteroatoms. The first-order valence-corrected chi connectivity index (χ1v) is 21.5. The van der Waals surface area contributed by atoms with Gasteiger partial charge in [0.2, 0.25) is 0 Å². The number of esters is 1. The first-order chi connectivity index (χ1) is 25.5. The molecule has 0 rings (SSSR count). The van der Waals surface area contributed by atoms with Crippen molar-refractivity contribution in [3.8, 4) is 0 Å². The van der Waals surface area contributed by atoms with Gasteiger partial charge in [0.15, 0.2) is 0 Å². The van der Waals surface area contributed by atoms with Crippen LogP contribution >= 0.6 is 15.6 Å². The second kappa shape index (κ2) is 153. The van der Waals surface area contributed by atoms with Gasteiger partial charge >= 0.3 is 27.6 Å². The summed E-state index contributed by atoms with van der Waals surface area (Å²) in [7, 11) is -5.17. The number of aliphatic hydroxyl groups is 2. The summed E-state index contributed by atoms with van der Waals surface area (Å²) in [5.74, 6) is -0.903. The van der Waals surface area contributed by atoms with E-state index < -0.39 is 21.6 Å². The van der Waals surface area contributed by atoms with E-state index in [0.29, 0.717) is 19.3 Å². The molecule has 17 N–H and O–H groups in total. The van der Waals surface area contributed by atoms with Gasteiger partial charge < -0.3 is 81.9 Å². The van der Waals surface area contributed by atoms with Crippen LogP contribution in [0.2, 0.25) is 0 Å². The zero-order chi connectivity index (χ0) is 47.0. The van der Waals surface area contributed by atoms with Crippen LogP contribution in [0.5, 0.6) is 0 Å². The number of phosphoric acid groups is 2. The highest BCUT2D eigenvalue weighted by Crippen LogP contribution is 2.35. The van der Waals surface area contributed by atoms with E-state index in [2.05, 4.69) is 53.4 Å². The normalized spacial score (nSPS) is 7.35. The number of rotatable bonds is 11. The molecule has 0 aromatic rings. The van der Waals surface area contributed by atoms with Crippen molar-refractivity contribution in [2.24, 2.45) is 10.7 Å². The highest BCUT2D eigenvalue weighted by atomic mass is 31.2. The number of aliphatic carboxylic acids is 1. The SMILES string of the molecule is C.C.C.C.CCC.CCC(=O)O.CCC(=O)OC.CCC=NC.CCC=O.CCC=O.CCCCC.CCN.CCO.CCO.CCOP(=O)(O)O.CCOP(=O)(O)O.O.O.O.O. The lowest BCUT2D eigenvalue weighted by atomic mass is 10.3. The lowest BCUT2D eigenvalue weighted by molar-refractivity contribution is -0.140. The molecule has 0 spiro atoms. The Balaban J connectivity index is -0.0000000178. The second-order valence-electron chi connectivity index (χ2n) is 8.59. The standard InChI is InChI=1S/C5H12.C4H9N.C4H8O2.C3H6O2.2C3H6O.C3H8.C2H7N.2C2H7O4P.2C2H6O.4CH4.4H2O/c1-3-5-4-2;1-3-4-5-2;1-3-4(5)6-2;1-2-3(4)5;2*1-2-3-4;1-3-2;1-2-3;2*1-2-6-7(3,4)5;2*1-2-3;;;;;;;;/h3-5H2,1-2H3;4H,3H2,1-2H3;3H2,1-2H3;2H2,1H3,(H,4,5);2*3H,2H2,1H3;3H2,1-2H3;2-3H2,1H3;2*2H2,1H3,(H2,3,4,5);2*3H,2H2,1H3;4*1H4;4*1H2. The Morgan fingerprint density at radius 2 is 0.810 bits per heavy atom. The summed E-state index contributed by atoms with van der Waals surface area (Å²) in [5, 5.41) is 22.9. The molecule has 0 fully saturated rings. The van der Waals surface area contributed by atoms with Crippen LogP contribution in [0.25, 0.3) is 0 Å². The van der Waals surface area contributed by atoms with Crippen molar-refractivity contribution in [3.63, 3.8) is 0 Å². The molecule has 0 heterocycles. The van der Waals surface area contributed by atoms with Crippen LogP contribution in [-0.2, 0) is 42.1 Å². The van der Waals surface area contributed by atoms with Crippen molar-refractivity contribution in [3.05, 3.63) is 0 Å². The number of aliphatic imine (C=N–C) groups is 1. The minimum Gasteiger partial charge on any atom is -0.481 e. The molecule has 0 aromatic heterocycles. The van der Waals surface area contributed by atoms with E-state index in [1.165, 1.54) is 46.6 Å². The fourth-order valence-corrected chi connectivity index (χ4v) is 1.69. The van der Waals surface area contributed by atoms with Crippen molar-refractivity contribution >= 4 is 46.4 Å². The summed E-state index contributed by atoms with van der Waals surface area (Å²) >= 11 is 0. The van der Waals surface area contributed by atoms with E-state index in [-0.39, 0.29) is 90.4 Å². The third-order valence-corrected chi connectivity index (χ3v) is 4.01. The molecule has 0 saturated carbocycles. The van der Waals surface area contributed by atoms with E-state index in [0.717, 1.165) is 25.5 Å². The minimum absolute atomic E-state index is 0. The van der Waals surface area contributed by atoms with Crippen LogP contribution in [0.4, 0.5) is 0 Å². The third-order valence-electron chi connectivity index (χ3n) is 2.82. The Hall–Kier alpha value is -2.11. The summed E-state index contributed by atoms with van der Waals surface area (Å²) in [5.41, 5.74) is 4.85. The fourth-order valence-electron chi connectivity index (χ4n) is 1.02.